The first kappa shape index (κ1) is 16.6. The number of hydrogen-bond donors (Lipinski definition) is 1. The second-order valence-corrected chi connectivity index (χ2v) is 8.06. The van der Waals surface area contributed by atoms with Gasteiger partial charge in [0.2, 0.25) is 0 Å². The molecule has 2 aliphatic carbocycles. The van der Waals surface area contributed by atoms with E-state index < -0.39 is 5.60 Å². The first-order valence-corrected chi connectivity index (χ1v) is 10.0. The summed E-state index contributed by atoms with van der Waals surface area (Å²) in [4.78, 5) is 13.3. The van der Waals surface area contributed by atoms with Crippen LogP contribution in [0.25, 0.3) is 5.76 Å². The van der Waals surface area contributed by atoms with Crippen LogP contribution in [-0.4, -0.2) is 16.5 Å². The Morgan fingerprint density at radius 2 is 1.74 bits per heavy atom. The van der Waals surface area contributed by atoms with Crippen LogP contribution in [0.5, 0.6) is 5.75 Å². The van der Waals surface area contributed by atoms with Gasteiger partial charge in [0.25, 0.3) is 0 Å². The number of ketones is 1. The molecule has 2 aromatic carbocycles. The summed E-state index contributed by atoms with van der Waals surface area (Å²) in [6.07, 6.45) is 5.56. The Morgan fingerprint density at radius 3 is 2.59 bits per heavy atom. The Kier molecular flexibility index (Phi) is 3.85. The van der Waals surface area contributed by atoms with Gasteiger partial charge in [-0.05, 0) is 42.9 Å². The molecule has 1 aliphatic heterocycles. The fourth-order valence-electron chi connectivity index (χ4n) is 5.51. The molecule has 5 rings (SSSR count). The summed E-state index contributed by atoms with van der Waals surface area (Å²) in [6.45, 7) is 0. The fourth-order valence-corrected chi connectivity index (χ4v) is 5.51. The Hall–Kier alpha value is -2.55. The quantitative estimate of drug-likeness (QED) is 0.738. The van der Waals surface area contributed by atoms with Crippen LogP contribution in [0.4, 0.5) is 0 Å². The van der Waals surface area contributed by atoms with Crippen LogP contribution in [0.15, 0.2) is 60.2 Å². The van der Waals surface area contributed by atoms with Crippen molar-refractivity contribution in [2.24, 2.45) is 5.92 Å². The molecule has 27 heavy (non-hydrogen) atoms. The van der Waals surface area contributed by atoms with Gasteiger partial charge >= 0.3 is 0 Å². The summed E-state index contributed by atoms with van der Waals surface area (Å²) in [5.41, 5.74) is 1.68. The highest BCUT2D eigenvalue weighted by molar-refractivity contribution is 6.06. The predicted octanol–water partition coefficient (Wildman–Crippen LogP) is 5.42. The van der Waals surface area contributed by atoms with E-state index in [9.17, 15) is 9.90 Å². The maximum absolute atomic E-state index is 13.3. The van der Waals surface area contributed by atoms with Gasteiger partial charge in [0.05, 0.1) is 11.1 Å². The zero-order valence-corrected chi connectivity index (χ0v) is 15.4. The SMILES string of the molecule is O=C1C[C@H](c2ccccc2)[C@H]2CCCCC[C@]23Oc2ccccc2C(O)=C13. The molecule has 2 fully saturated rings. The summed E-state index contributed by atoms with van der Waals surface area (Å²) in [5.74, 6) is 1.21. The number of ether oxygens (including phenoxy) is 1. The van der Waals surface area contributed by atoms with Gasteiger partial charge in [0.1, 0.15) is 17.1 Å². The molecule has 0 aromatic heterocycles. The highest BCUT2D eigenvalue weighted by atomic mass is 16.5. The highest BCUT2D eigenvalue weighted by Gasteiger charge is 2.57. The largest absolute Gasteiger partial charge is 0.507 e. The van der Waals surface area contributed by atoms with E-state index in [0.29, 0.717) is 23.3 Å². The number of aliphatic hydroxyl groups excluding tert-OH is 1. The summed E-state index contributed by atoms with van der Waals surface area (Å²) >= 11 is 0. The molecule has 1 spiro atoms. The molecule has 0 saturated heterocycles. The molecule has 2 aromatic rings. The minimum Gasteiger partial charge on any atom is -0.507 e. The van der Waals surface area contributed by atoms with E-state index in [4.69, 9.17) is 4.74 Å². The summed E-state index contributed by atoms with van der Waals surface area (Å²) in [5, 5.41) is 11.1. The first-order chi connectivity index (χ1) is 13.2. The van der Waals surface area contributed by atoms with Crippen molar-refractivity contribution in [3.8, 4) is 5.75 Å². The van der Waals surface area contributed by atoms with Crippen molar-refractivity contribution in [2.75, 3.05) is 0 Å². The molecule has 3 atom stereocenters. The lowest BCUT2D eigenvalue weighted by molar-refractivity contribution is -0.123. The average molecular weight is 360 g/mol. The van der Waals surface area contributed by atoms with Crippen LogP contribution < -0.4 is 4.74 Å². The van der Waals surface area contributed by atoms with E-state index in [-0.39, 0.29) is 23.4 Å². The van der Waals surface area contributed by atoms with Gasteiger partial charge in [-0.2, -0.15) is 0 Å². The van der Waals surface area contributed by atoms with Crippen molar-refractivity contribution in [2.45, 2.75) is 50.0 Å². The molecule has 138 valence electrons. The third-order valence-corrected chi connectivity index (χ3v) is 6.65. The number of rotatable bonds is 1. The Labute approximate surface area is 159 Å². The number of aliphatic hydroxyl groups is 1. The lowest BCUT2D eigenvalue weighted by Gasteiger charge is -2.50. The van der Waals surface area contributed by atoms with Crippen LogP contribution >= 0.6 is 0 Å². The minimum absolute atomic E-state index is 0.0361. The number of hydrogen-bond acceptors (Lipinski definition) is 3. The molecule has 1 heterocycles. The molecular weight excluding hydrogens is 336 g/mol. The monoisotopic (exact) mass is 360 g/mol. The minimum atomic E-state index is -0.704. The topological polar surface area (TPSA) is 46.5 Å². The van der Waals surface area contributed by atoms with E-state index >= 15 is 0 Å². The van der Waals surface area contributed by atoms with E-state index in [2.05, 4.69) is 12.1 Å². The zero-order valence-electron chi connectivity index (χ0n) is 15.4. The van der Waals surface area contributed by atoms with Gasteiger partial charge in [0.15, 0.2) is 5.78 Å². The van der Waals surface area contributed by atoms with Gasteiger partial charge in [-0.25, -0.2) is 0 Å². The molecule has 0 unspecified atom stereocenters. The average Bonchev–Trinajstić information content (AvgIpc) is 2.90. The highest BCUT2D eigenvalue weighted by Crippen LogP contribution is 2.56. The van der Waals surface area contributed by atoms with Crippen LogP contribution in [-0.2, 0) is 4.79 Å². The van der Waals surface area contributed by atoms with Gasteiger partial charge < -0.3 is 9.84 Å². The van der Waals surface area contributed by atoms with Crippen molar-refractivity contribution in [3.63, 3.8) is 0 Å². The Balaban J connectivity index is 1.71. The van der Waals surface area contributed by atoms with Crippen LogP contribution in [0.2, 0.25) is 0 Å². The summed E-state index contributed by atoms with van der Waals surface area (Å²) < 4.78 is 6.66. The third kappa shape index (κ3) is 2.44. The predicted molar refractivity (Wildman–Crippen MR) is 105 cm³/mol. The normalized spacial score (nSPS) is 29.9. The van der Waals surface area contributed by atoms with Crippen molar-refractivity contribution < 1.29 is 14.6 Å². The summed E-state index contributed by atoms with van der Waals surface area (Å²) in [6, 6.07) is 17.9. The van der Waals surface area contributed by atoms with Crippen LogP contribution in [0.3, 0.4) is 0 Å². The molecule has 0 bridgehead atoms. The number of carbonyl (C=O) groups is 1. The Morgan fingerprint density at radius 1 is 0.963 bits per heavy atom. The molecule has 3 aliphatic rings. The van der Waals surface area contributed by atoms with Gasteiger partial charge in [-0.15, -0.1) is 0 Å². The van der Waals surface area contributed by atoms with E-state index in [1.807, 2.05) is 42.5 Å². The number of carbonyl (C=O) groups excluding carboxylic acids is 1. The molecule has 2 saturated carbocycles. The maximum Gasteiger partial charge on any atom is 0.167 e. The van der Waals surface area contributed by atoms with Crippen molar-refractivity contribution in [3.05, 3.63) is 71.3 Å². The number of benzene rings is 2. The first-order valence-electron chi connectivity index (χ1n) is 10.0. The van der Waals surface area contributed by atoms with Crippen LogP contribution in [0.1, 0.15) is 55.6 Å². The number of para-hydroxylation sites is 1. The van der Waals surface area contributed by atoms with Crippen molar-refractivity contribution in [1.82, 2.24) is 0 Å². The second-order valence-electron chi connectivity index (χ2n) is 8.06. The molecule has 1 N–H and O–H groups in total. The van der Waals surface area contributed by atoms with Gasteiger partial charge in [0, 0.05) is 12.3 Å². The van der Waals surface area contributed by atoms with Gasteiger partial charge in [-0.3, -0.25) is 4.79 Å². The van der Waals surface area contributed by atoms with E-state index in [1.54, 1.807) is 0 Å². The maximum atomic E-state index is 13.3. The smallest absolute Gasteiger partial charge is 0.167 e. The lowest BCUT2D eigenvalue weighted by atomic mass is 9.60. The van der Waals surface area contributed by atoms with E-state index in [0.717, 1.165) is 32.1 Å². The standard InChI is InChI=1S/C24H24O3/c25-20-15-18(16-9-3-1-4-10-16)19-12-5-2-8-14-24(19)22(20)23(26)17-11-6-7-13-21(17)27-24/h1,3-4,6-7,9-11,13,18-19,26H,2,5,8,12,14-15H2/t18-,19-,24+/m1/s1. The van der Waals surface area contributed by atoms with Gasteiger partial charge in [-0.1, -0.05) is 55.3 Å². The zero-order chi connectivity index (χ0) is 18.4. The fraction of sp³-hybridized carbons (Fsp3) is 0.375. The molecule has 3 nitrogen and oxygen atoms in total. The molecular formula is C24H24O3. The molecule has 3 heteroatoms. The lowest BCUT2D eigenvalue weighted by Crippen LogP contribution is -2.55. The molecule has 0 radical (unpaired) electrons. The third-order valence-electron chi connectivity index (χ3n) is 6.65. The van der Waals surface area contributed by atoms with Crippen LogP contribution in [0, 0.1) is 5.92 Å². The Bertz CT molecular complexity index is 914. The number of Topliss-reactive ketones (excluding diaryl/α,β-unsaturated/α-hetero) is 1. The van der Waals surface area contributed by atoms with Crippen molar-refractivity contribution >= 4 is 11.5 Å². The van der Waals surface area contributed by atoms with E-state index in [1.165, 1.54) is 5.56 Å². The molecule has 0 amide bonds. The summed E-state index contributed by atoms with van der Waals surface area (Å²) in [7, 11) is 0. The second kappa shape index (κ2) is 6.26. The number of fused-ring (bicyclic) bond motifs is 1. The van der Waals surface area contributed by atoms with Crippen molar-refractivity contribution in [1.29, 1.82) is 0 Å².